The summed E-state index contributed by atoms with van der Waals surface area (Å²) in [5, 5.41) is -0.605. The van der Waals surface area contributed by atoms with E-state index >= 15 is 0 Å². The number of esters is 1. The van der Waals surface area contributed by atoms with E-state index in [1.165, 1.54) is 18.5 Å². The van der Waals surface area contributed by atoms with Crippen LogP contribution in [0.4, 0.5) is 0 Å². The van der Waals surface area contributed by atoms with Crippen molar-refractivity contribution in [3.63, 3.8) is 0 Å². The summed E-state index contributed by atoms with van der Waals surface area (Å²) in [5.74, 6) is -0.698. The van der Waals surface area contributed by atoms with Crippen LogP contribution in [0.3, 0.4) is 0 Å². The molecule has 0 aromatic carbocycles. The molecule has 2 N–H and O–H groups in total. The molecule has 0 fully saturated rings. The van der Waals surface area contributed by atoms with E-state index in [4.69, 9.17) is 10.5 Å². The van der Waals surface area contributed by atoms with E-state index in [1.54, 1.807) is 6.07 Å². The summed E-state index contributed by atoms with van der Waals surface area (Å²) in [5.41, 5.74) is 4.98. The summed E-state index contributed by atoms with van der Waals surface area (Å²) in [4.78, 5) is 15.3. The first-order valence-electron chi connectivity index (χ1n) is 4.43. The molecule has 0 aliphatic carbocycles. The average Bonchev–Trinajstić information content (AvgIpc) is 2.56. The highest BCUT2D eigenvalue weighted by Gasteiger charge is 2.28. The molecule has 0 saturated heterocycles. The fourth-order valence-electron chi connectivity index (χ4n) is 1.10. The van der Waals surface area contributed by atoms with Crippen molar-refractivity contribution in [1.82, 2.24) is 4.98 Å². The largest absolute Gasteiger partial charge is 0.421 e. The number of aromatic nitrogens is 1. The molecule has 1 aliphatic rings. The lowest BCUT2D eigenvalue weighted by atomic mass is 10.3. The first-order valence-corrected chi connectivity index (χ1v) is 5.87. The number of nitrogens with zero attached hydrogens (tertiary/aromatic N) is 2. The van der Waals surface area contributed by atoms with Crippen LogP contribution < -0.4 is 10.5 Å². The summed E-state index contributed by atoms with van der Waals surface area (Å²) in [6.45, 7) is 0. The standard InChI is InChI=1S/C9H7N3O4S/c10-8-7(5-12-17(8,14)15)9(13)16-6-2-1-3-11-4-6/h1-5H,10H2. The van der Waals surface area contributed by atoms with Gasteiger partial charge < -0.3 is 10.5 Å². The van der Waals surface area contributed by atoms with E-state index in [-0.39, 0.29) is 11.3 Å². The molecule has 0 radical (unpaired) electrons. The van der Waals surface area contributed by atoms with E-state index in [0.717, 1.165) is 6.21 Å². The molecule has 2 heterocycles. The molecule has 1 aromatic rings. The lowest BCUT2D eigenvalue weighted by molar-refractivity contribution is -0.129. The third kappa shape index (κ3) is 2.16. The molecular weight excluding hydrogens is 246 g/mol. The highest BCUT2D eigenvalue weighted by molar-refractivity contribution is 7.94. The molecular formula is C9H7N3O4S. The summed E-state index contributed by atoms with van der Waals surface area (Å²) in [7, 11) is -3.90. The Labute approximate surface area is 96.7 Å². The first-order chi connectivity index (χ1) is 8.00. The van der Waals surface area contributed by atoms with Crippen LogP contribution in [0.5, 0.6) is 5.75 Å². The van der Waals surface area contributed by atoms with Crippen LogP contribution >= 0.6 is 0 Å². The zero-order valence-corrected chi connectivity index (χ0v) is 9.22. The number of hydrogen-bond acceptors (Lipinski definition) is 6. The molecule has 0 unspecified atom stereocenters. The van der Waals surface area contributed by atoms with Crippen molar-refractivity contribution in [2.24, 2.45) is 10.1 Å². The second-order valence-electron chi connectivity index (χ2n) is 3.07. The summed E-state index contributed by atoms with van der Waals surface area (Å²) in [6, 6.07) is 3.07. The van der Waals surface area contributed by atoms with Gasteiger partial charge in [0.05, 0.1) is 12.4 Å². The van der Waals surface area contributed by atoms with Crippen molar-refractivity contribution in [2.75, 3.05) is 0 Å². The van der Waals surface area contributed by atoms with Crippen LogP contribution in [-0.2, 0) is 14.8 Å². The number of carbonyl (C=O) groups is 1. The van der Waals surface area contributed by atoms with Crippen molar-refractivity contribution in [3.8, 4) is 5.75 Å². The Morgan fingerprint density at radius 1 is 1.41 bits per heavy atom. The second kappa shape index (κ2) is 3.98. The Morgan fingerprint density at radius 2 is 2.18 bits per heavy atom. The molecule has 8 heteroatoms. The van der Waals surface area contributed by atoms with Gasteiger partial charge in [0.15, 0.2) is 5.03 Å². The number of sulfonamides is 1. The van der Waals surface area contributed by atoms with Crippen LogP contribution in [-0.4, -0.2) is 25.6 Å². The maximum atomic E-state index is 11.6. The smallest absolute Gasteiger partial charge is 0.348 e. The zero-order chi connectivity index (χ0) is 12.5. The predicted octanol–water partition coefficient (Wildman–Crippen LogP) is -0.428. The van der Waals surface area contributed by atoms with E-state index in [1.807, 2.05) is 0 Å². The van der Waals surface area contributed by atoms with E-state index in [2.05, 4.69) is 9.38 Å². The van der Waals surface area contributed by atoms with Crippen LogP contribution in [0.15, 0.2) is 39.5 Å². The van der Waals surface area contributed by atoms with Crippen molar-refractivity contribution in [1.29, 1.82) is 0 Å². The highest BCUT2D eigenvalue weighted by Crippen LogP contribution is 2.17. The monoisotopic (exact) mass is 253 g/mol. The van der Waals surface area contributed by atoms with Gasteiger partial charge in [0.1, 0.15) is 11.3 Å². The number of pyridine rings is 1. The van der Waals surface area contributed by atoms with Gasteiger partial charge >= 0.3 is 5.97 Å². The van der Waals surface area contributed by atoms with Gasteiger partial charge in [0.25, 0.3) is 10.0 Å². The maximum absolute atomic E-state index is 11.6. The minimum absolute atomic E-state index is 0.190. The molecule has 0 spiro atoms. The molecule has 1 aromatic heterocycles. The van der Waals surface area contributed by atoms with Gasteiger partial charge in [-0.15, -0.1) is 0 Å². The number of nitrogens with two attached hydrogens (primary N) is 1. The Kier molecular flexibility index (Phi) is 2.64. The van der Waals surface area contributed by atoms with Crippen LogP contribution in [0.2, 0.25) is 0 Å². The average molecular weight is 253 g/mol. The minimum atomic E-state index is -3.90. The van der Waals surface area contributed by atoms with Gasteiger partial charge in [0.2, 0.25) is 0 Å². The Morgan fingerprint density at radius 3 is 2.71 bits per heavy atom. The summed E-state index contributed by atoms with van der Waals surface area (Å²) >= 11 is 0. The second-order valence-corrected chi connectivity index (χ2v) is 4.67. The summed E-state index contributed by atoms with van der Waals surface area (Å²) < 4.78 is 30.2. The molecule has 0 saturated carbocycles. The molecule has 0 bridgehead atoms. The Bertz CT molecular complexity index is 619. The SMILES string of the molecule is NC1=C(C(=O)Oc2cccnc2)C=NS1(=O)=O. The van der Waals surface area contributed by atoms with Gasteiger partial charge in [0, 0.05) is 6.20 Å². The van der Waals surface area contributed by atoms with Gasteiger partial charge in [-0.25, -0.2) is 4.79 Å². The molecule has 88 valence electrons. The van der Waals surface area contributed by atoms with Crippen LogP contribution in [0.1, 0.15) is 0 Å². The lowest BCUT2D eigenvalue weighted by Gasteiger charge is -2.02. The van der Waals surface area contributed by atoms with E-state index in [0.29, 0.717) is 0 Å². The fraction of sp³-hybridized carbons (Fsp3) is 0. The highest BCUT2D eigenvalue weighted by atomic mass is 32.2. The van der Waals surface area contributed by atoms with Gasteiger partial charge in [-0.1, -0.05) is 0 Å². The van der Waals surface area contributed by atoms with Crippen LogP contribution in [0.25, 0.3) is 0 Å². The van der Waals surface area contributed by atoms with Crippen molar-refractivity contribution in [2.45, 2.75) is 0 Å². The van der Waals surface area contributed by atoms with E-state index < -0.39 is 21.0 Å². The molecule has 17 heavy (non-hydrogen) atoms. The van der Waals surface area contributed by atoms with Crippen LogP contribution in [0, 0.1) is 0 Å². The number of hydrogen-bond donors (Lipinski definition) is 1. The topological polar surface area (TPSA) is 112 Å². The zero-order valence-electron chi connectivity index (χ0n) is 8.40. The molecule has 0 atom stereocenters. The number of carbonyl (C=O) groups excluding carboxylic acids is 1. The normalized spacial score (nSPS) is 17.2. The quantitative estimate of drug-likeness (QED) is 0.716. The molecule has 1 aliphatic heterocycles. The molecule has 0 amide bonds. The third-order valence-corrected chi connectivity index (χ3v) is 3.09. The summed E-state index contributed by atoms with van der Waals surface area (Å²) in [6.07, 6.45) is 3.69. The van der Waals surface area contributed by atoms with Crippen molar-refractivity contribution < 1.29 is 17.9 Å². The van der Waals surface area contributed by atoms with Crippen molar-refractivity contribution >= 4 is 22.2 Å². The Hall–Kier alpha value is -2.22. The Balaban J connectivity index is 2.24. The first kappa shape index (κ1) is 11.3. The number of rotatable bonds is 2. The molecule has 7 nitrogen and oxygen atoms in total. The molecule has 2 rings (SSSR count). The fourth-order valence-corrected chi connectivity index (χ4v) is 1.88. The maximum Gasteiger partial charge on any atom is 0.348 e. The van der Waals surface area contributed by atoms with Gasteiger partial charge in [-0.2, -0.15) is 12.8 Å². The van der Waals surface area contributed by atoms with Gasteiger partial charge in [-0.3, -0.25) is 4.98 Å². The third-order valence-electron chi connectivity index (χ3n) is 1.93. The number of ether oxygens (including phenoxy) is 1. The van der Waals surface area contributed by atoms with Crippen molar-refractivity contribution in [3.05, 3.63) is 35.1 Å². The minimum Gasteiger partial charge on any atom is -0.421 e. The van der Waals surface area contributed by atoms with E-state index in [9.17, 15) is 13.2 Å². The van der Waals surface area contributed by atoms with Gasteiger partial charge in [-0.05, 0) is 12.1 Å². The predicted molar refractivity (Wildman–Crippen MR) is 58.5 cm³/mol. The lowest BCUT2D eigenvalue weighted by Crippen LogP contribution is -2.17.